The number of hydrogen-bond acceptors (Lipinski definition) is 8. The molecule has 0 spiro atoms. The zero-order valence-electron chi connectivity index (χ0n) is 13.9. The number of imide groups is 1. The first-order chi connectivity index (χ1) is 12.6. The number of amides is 2. The van der Waals surface area contributed by atoms with Crippen molar-refractivity contribution in [3.05, 3.63) is 45.8 Å². The maximum Gasteiger partial charge on any atom is 0.340 e. The number of carbonyl (C=O) groups excluding carboxylic acids is 3. The number of benzene rings is 1. The van der Waals surface area contributed by atoms with Gasteiger partial charge in [0.25, 0.3) is 21.9 Å². The summed E-state index contributed by atoms with van der Waals surface area (Å²) >= 11 is 0. The molecule has 27 heavy (non-hydrogen) atoms. The van der Waals surface area contributed by atoms with Crippen molar-refractivity contribution in [3.63, 3.8) is 0 Å². The third-order valence-electron chi connectivity index (χ3n) is 3.91. The van der Waals surface area contributed by atoms with E-state index in [-0.39, 0.29) is 10.6 Å². The Kier molecular flexibility index (Phi) is 4.57. The second-order valence-electron chi connectivity index (χ2n) is 5.97. The van der Waals surface area contributed by atoms with Crippen molar-refractivity contribution in [3.8, 4) is 0 Å². The quantitative estimate of drug-likeness (QED) is 0.433. The molecule has 1 unspecified atom stereocenters. The van der Waals surface area contributed by atoms with Gasteiger partial charge in [-0.05, 0) is 24.6 Å². The van der Waals surface area contributed by atoms with Crippen molar-refractivity contribution < 1.29 is 36.6 Å². The van der Waals surface area contributed by atoms with Crippen LogP contribution in [0.15, 0.2) is 33.5 Å². The summed E-state index contributed by atoms with van der Waals surface area (Å²) in [5.74, 6) is -3.62. The van der Waals surface area contributed by atoms with Gasteiger partial charge < -0.3 is 9.25 Å². The molecule has 1 aliphatic rings. The summed E-state index contributed by atoms with van der Waals surface area (Å²) in [7, 11) is -4.82. The SMILES string of the molecule is Cc1ccc2cc(CC(=O)ON3C(=O)CC(S(=O)(=O)O)C3=O)c(=O)oc2c1. The minimum atomic E-state index is -4.82. The largest absolute Gasteiger partial charge is 0.423 e. The van der Waals surface area contributed by atoms with Gasteiger partial charge in [-0.1, -0.05) is 12.1 Å². The highest BCUT2D eigenvalue weighted by molar-refractivity contribution is 7.87. The average molecular weight is 395 g/mol. The van der Waals surface area contributed by atoms with Crippen LogP contribution in [0.25, 0.3) is 11.0 Å². The van der Waals surface area contributed by atoms with Crippen LogP contribution in [0.2, 0.25) is 0 Å². The molecule has 1 atom stereocenters. The van der Waals surface area contributed by atoms with Crippen molar-refractivity contribution in [1.82, 2.24) is 5.06 Å². The fraction of sp³-hybridized carbons (Fsp3) is 0.250. The van der Waals surface area contributed by atoms with E-state index in [0.29, 0.717) is 11.0 Å². The molecule has 2 amide bonds. The number of rotatable bonds is 4. The molecule has 142 valence electrons. The average Bonchev–Trinajstić information content (AvgIpc) is 2.84. The third-order valence-corrected chi connectivity index (χ3v) is 5.00. The van der Waals surface area contributed by atoms with Gasteiger partial charge >= 0.3 is 11.6 Å². The Hall–Kier alpha value is -3.05. The monoisotopic (exact) mass is 395 g/mol. The molecule has 1 aromatic carbocycles. The lowest BCUT2D eigenvalue weighted by Gasteiger charge is -2.13. The molecule has 1 aliphatic heterocycles. The Bertz CT molecular complexity index is 1130. The predicted molar refractivity (Wildman–Crippen MR) is 88.8 cm³/mol. The van der Waals surface area contributed by atoms with Gasteiger partial charge in [-0.3, -0.25) is 14.1 Å². The number of nitrogens with zero attached hydrogens (tertiary/aromatic N) is 1. The first kappa shape index (κ1) is 18.7. The normalized spacial score (nSPS) is 17.6. The van der Waals surface area contributed by atoms with Gasteiger partial charge in [0.05, 0.1) is 12.8 Å². The lowest BCUT2D eigenvalue weighted by Crippen LogP contribution is -2.37. The van der Waals surface area contributed by atoms with Crippen LogP contribution in [-0.4, -0.2) is 41.1 Å². The van der Waals surface area contributed by atoms with E-state index >= 15 is 0 Å². The Labute approximate surface area is 152 Å². The predicted octanol–water partition coefficient (Wildman–Crippen LogP) is 0.117. The Morgan fingerprint density at radius 1 is 1.30 bits per heavy atom. The molecule has 1 fully saturated rings. The Balaban J connectivity index is 1.78. The summed E-state index contributed by atoms with van der Waals surface area (Å²) in [6.45, 7) is 1.81. The molecule has 1 aromatic heterocycles. The molecular formula is C16H13NO9S. The molecule has 3 rings (SSSR count). The van der Waals surface area contributed by atoms with Crippen molar-refractivity contribution >= 4 is 38.9 Å². The van der Waals surface area contributed by atoms with Crippen LogP contribution in [0.4, 0.5) is 0 Å². The number of hydroxylamine groups is 2. The highest BCUT2D eigenvalue weighted by atomic mass is 32.2. The van der Waals surface area contributed by atoms with Crippen LogP contribution in [0.5, 0.6) is 0 Å². The smallest absolute Gasteiger partial charge is 0.340 e. The van der Waals surface area contributed by atoms with E-state index in [2.05, 4.69) is 4.84 Å². The lowest BCUT2D eigenvalue weighted by atomic mass is 10.1. The topological polar surface area (TPSA) is 148 Å². The third kappa shape index (κ3) is 3.73. The standard InChI is InChI=1S/C16H13NO9S/c1-8-2-3-9-5-10(16(21)25-11(9)4-8)6-14(19)26-17-13(18)7-12(15(17)20)27(22,23)24/h2-5,12H,6-7H2,1H3,(H,22,23,24). The van der Waals surface area contributed by atoms with Gasteiger partial charge in [0.1, 0.15) is 5.58 Å². The molecule has 10 nitrogen and oxygen atoms in total. The summed E-state index contributed by atoms with van der Waals surface area (Å²) in [5.41, 5.74) is 0.344. The minimum absolute atomic E-state index is 0.0210. The second-order valence-corrected chi connectivity index (χ2v) is 7.57. The van der Waals surface area contributed by atoms with Crippen molar-refractivity contribution in [2.75, 3.05) is 0 Å². The fourth-order valence-electron chi connectivity index (χ4n) is 2.59. The van der Waals surface area contributed by atoms with Crippen LogP contribution in [0.1, 0.15) is 17.5 Å². The summed E-state index contributed by atoms with van der Waals surface area (Å²) in [5, 5.41) is -1.48. The van der Waals surface area contributed by atoms with Gasteiger partial charge in [0, 0.05) is 10.9 Å². The molecule has 0 saturated carbocycles. The van der Waals surface area contributed by atoms with E-state index in [9.17, 15) is 27.6 Å². The lowest BCUT2D eigenvalue weighted by molar-refractivity contribution is -0.196. The van der Waals surface area contributed by atoms with E-state index in [4.69, 9.17) is 8.97 Å². The van der Waals surface area contributed by atoms with Gasteiger partial charge in [-0.15, -0.1) is 5.06 Å². The summed E-state index contributed by atoms with van der Waals surface area (Å²) < 4.78 is 36.2. The number of fused-ring (bicyclic) bond motifs is 1. The van der Waals surface area contributed by atoms with Crippen LogP contribution >= 0.6 is 0 Å². The second kappa shape index (κ2) is 6.59. The van der Waals surface area contributed by atoms with Crippen LogP contribution in [-0.2, 0) is 35.8 Å². The fourth-order valence-corrected chi connectivity index (χ4v) is 3.29. The molecule has 11 heteroatoms. The van der Waals surface area contributed by atoms with Gasteiger partial charge in [0.15, 0.2) is 5.25 Å². The van der Waals surface area contributed by atoms with Crippen LogP contribution in [0.3, 0.4) is 0 Å². The van der Waals surface area contributed by atoms with Gasteiger partial charge in [-0.2, -0.15) is 8.42 Å². The molecule has 1 saturated heterocycles. The summed E-state index contributed by atoms with van der Waals surface area (Å²) in [4.78, 5) is 52.1. The van der Waals surface area contributed by atoms with Gasteiger partial charge in [-0.25, -0.2) is 9.59 Å². The Morgan fingerprint density at radius 3 is 2.63 bits per heavy atom. The first-order valence-corrected chi connectivity index (χ1v) is 9.14. The number of carbonyl (C=O) groups is 3. The van der Waals surface area contributed by atoms with Crippen molar-refractivity contribution in [1.29, 1.82) is 0 Å². The summed E-state index contributed by atoms with van der Waals surface area (Å²) in [6.07, 6.45) is -1.46. The Morgan fingerprint density at radius 2 is 2.00 bits per heavy atom. The maximum atomic E-state index is 12.0. The van der Waals surface area contributed by atoms with E-state index in [0.717, 1.165) is 5.56 Å². The minimum Gasteiger partial charge on any atom is -0.423 e. The molecular weight excluding hydrogens is 382 g/mol. The van der Waals surface area contributed by atoms with Crippen LogP contribution < -0.4 is 5.63 Å². The highest BCUT2D eigenvalue weighted by Gasteiger charge is 2.48. The van der Waals surface area contributed by atoms with E-state index < -0.39 is 51.6 Å². The molecule has 0 aliphatic carbocycles. The summed E-state index contributed by atoms with van der Waals surface area (Å²) in [6, 6.07) is 6.53. The number of hydrogen-bond donors (Lipinski definition) is 1. The molecule has 2 heterocycles. The molecule has 1 N–H and O–H groups in total. The zero-order valence-corrected chi connectivity index (χ0v) is 14.7. The highest BCUT2D eigenvalue weighted by Crippen LogP contribution is 2.20. The van der Waals surface area contributed by atoms with Crippen LogP contribution in [0, 0.1) is 6.92 Å². The van der Waals surface area contributed by atoms with E-state index in [1.807, 2.05) is 6.92 Å². The molecule has 0 bridgehead atoms. The number of aryl methyl sites for hydroxylation is 1. The maximum absolute atomic E-state index is 12.0. The molecule has 2 aromatic rings. The van der Waals surface area contributed by atoms with E-state index in [1.54, 1.807) is 18.2 Å². The van der Waals surface area contributed by atoms with Gasteiger partial charge in [0.2, 0.25) is 0 Å². The van der Waals surface area contributed by atoms with Crippen molar-refractivity contribution in [2.24, 2.45) is 0 Å². The van der Waals surface area contributed by atoms with E-state index in [1.165, 1.54) is 6.07 Å². The molecule has 0 radical (unpaired) electrons. The first-order valence-electron chi connectivity index (χ1n) is 7.63. The van der Waals surface area contributed by atoms with Crippen molar-refractivity contribution in [2.45, 2.75) is 25.0 Å². The zero-order chi connectivity index (χ0) is 19.9.